The zero-order valence-corrected chi connectivity index (χ0v) is 15.3. The van der Waals surface area contributed by atoms with E-state index in [1.807, 2.05) is 7.05 Å². The van der Waals surface area contributed by atoms with E-state index in [4.69, 9.17) is 4.74 Å². The Morgan fingerprint density at radius 2 is 1.96 bits per heavy atom. The summed E-state index contributed by atoms with van der Waals surface area (Å²) in [6.45, 7) is 4.49. The summed E-state index contributed by atoms with van der Waals surface area (Å²) in [6, 6.07) is 10.9. The second-order valence-corrected chi connectivity index (χ2v) is 6.65. The molecule has 2 N–H and O–H groups in total. The van der Waals surface area contributed by atoms with Gasteiger partial charge in [0.2, 0.25) is 0 Å². The van der Waals surface area contributed by atoms with Crippen LogP contribution in [-0.2, 0) is 10.2 Å². The van der Waals surface area contributed by atoms with Gasteiger partial charge < -0.3 is 20.3 Å². The maximum atomic E-state index is 5.10. The molecule has 1 aliphatic carbocycles. The first kappa shape index (κ1) is 18.7. The number of ether oxygens (including phenoxy) is 1. The number of rotatable bonds is 9. The average molecular weight is 332 g/mol. The van der Waals surface area contributed by atoms with E-state index in [0.29, 0.717) is 0 Å². The van der Waals surface area contributed by atoms with Gasteiger partial charge in [0.25, 0.3) is 0 Å². The number of aliphatic imine (C=N–C) groups is 1. The van der Waals surface area contributed by atoms with E-state index < -0.39 is 0 Å². The van der Waals surface area contributed by atoms with Crippen LogP contribution < -0.4 is 10.6 Å². The maximum Gasteiger partial charge on any atom is 0.191 e. The third-order valence-electron chi connectivity index (χ3n) is 4.98. The molecule has 1 aliphatic rings. The smallest absolute Gasteiger partial charge is 0.191 e. The van der Waals surface area contributed by atoms with Gasteiger partial charge in [0, 0.05) is 45.8 Å². The average Bonchev–Trinajstić information content (AvgIpc) is 2.58. The molecular weight excluding hydrogens is 300 g/mol. The van der Waals surface area contributed by atoms with Crippen molar-refractivity contribution in [2.75, 3.05) is 54.0 Å². The number of benzene rings is 1. The fraction of sp³-hybridized carbons (Fsp3) is 0.632. The fourth-order valence-corrected chi connectivity index (χ4v) is 3.16. The summed E-state index contributed by atoms with van der Waals surface area (Å²) >= 11 is 0. The number of nitrogens with zero attached hydrogens (tertiary/aromatic N) is 2. The highest BCUT2D eigenvalue weighted by molar-refractivity contribution is 5.79. The number of nitrogens with one attached hydrogen (secondary N) is 2. The molecule has 24 heavy (non-hydrogen) atoms. The van der Waals surface area contributed by atoms with Gasteiger partial charge in [0.05, 0.1) is 6.61 Å². The SMILES string of the molecule is CN=C(NCCN(C)CCOC)NCC1(c2ccccc2)CCC1. The van der Waals surface area contributed by atoms with Crippen LogP contribution in [0.5, 0.6) is 0 Å². The summed E-state index contributed by atoms with van der Waals surface area (Å²) in [7, 11) is 5.68. The summed E-state index contributed by atoms with van der Waals surface area (Å²) in [5, 5.41) is 6.93. The Morgan fingerprint density at radius 3 is 2.54 bits per heavy atom. The molecule has 0 unspecified atom stereocenters. The second-order valence-electron chi connectivity index (χ2n) is 6.65. The summed E-state index contributed by atoms with van der Waals surface area (Å²) in [6.07, 6.45) is 3.81. The second kappa shape index (κ2) is 9.64. The van der Waals surface area contributed by atoms with Gasteiger partial charge in [-0.25, -0.2) is 0 Å². The Bertz CT molecular complexity index is 499. The van der Waals surface area contributed by atoms with Crippen LogP contribution in [0.3, 0.4) is 0 Å². The van der Waals surface area contributed by atoms with Crippen molar-refractivity contribution in [1.82, 2.24) is 15.5 Å². The molecule has 0 saturated heterocycles. The highest BCUT2D eigenvalue weighted by Crippen LogP contribution is 2.43. The predicted octanol–water partition coefficient (Wildman–Crippen LogP) is 1.85. The maximum absolute atomic E-state index is 5.10. The Labute approximate surface area is 146 Å². The van der Waals surface area contributed by atoms with Gasteiger partial charge in [0.15, 0.2) is 5.96 Å². The van der Waals surface area contributed by atoms with Crippen LogP contribution in [0, 0.1) is 0 Å². The van der Waals surface area contributed by atoms with Crippen molar-refractivity contribution in [1.29, 1.82) is 0 Å². The van der Waals surface area contributed by atoms with Crippen LogP contribution in [0.2, 0.25) is 0 Å². The van der Waals surface area contributed by atoms with E-state index in [2.05, 4.69) is 57.9 Å². The van der Waals surface area contributed by atoms with Crippen molar-refractivity contribution < 1.29 is 4.74 Å². The first-order valence-electron chi connectivity index (χ1n) is 8.88. The molecular formula is C19H32N4O. The van der Waals surface area contributed by atoms with Gasteiger partial charge in [-0.1, -0.05) is 36.8 Å². The number of guanidine groups is 1. The lowest BCUT2D eigenvalue weighted by atomic mass is 9.64. The van der Waals surface area contributed by atoms with Crippen LogP contribution in [-0.4, -0.2) is 64.9 Å². The lowest BCUT2D eigenvalue weighted by Crippen LogP contribution is -2.49. The van der Waals surface area contributed by atoms with E-state index in [1.165, 1.54) is 24.8 Å². The molecule has 0 bridgehead atoms. The largest absolute Gasteiger partial charge is 0.383 e. The minimum atomic E-state index is 0.272. The predicted molar refractivity (Wildman–Crippen MR) is 101 cm³/mol. The Hall–Kier alpha value is -1.59. The topological polar surface area (TPSA) is 48.9 Å². The van der Waals surface area contributed by atoms with Crippen LogP contribution in [0.25, 0.3) is 0 Å². The molecule has 1 saturated carbocycles. The van der Waals surface area contributed by atoms with Gasteiger partial charge in [-0.15, -0.1) is 0 Å². The molecule has 1 aromatic carbocycles. The van der Waals surface area contributed by atoms with Crippen LogP contribution in [0.1, 0.15) is 24.8 Å². The first-order chi connectivity index (χ1) is 11.7. The molecule has 1 aromatic rings. The summed E-state index contributed by atoms with van der Waals surface area (Å²) in [5.74, 6) is 0.886. The zero-order chi connectivity index (χ0) is 17.3. The number of methoxy groups -OCH3 is 1. The van der Waals surface area contributed by atoms with Gasteiger partial charge in [-0.2, -0.15) is 0 Å². The van der Waals surface area contributed by atoms with Crippen LogP contribution >= 0.6 is 0 Å². The summed E-state index contributed by atoms with van der Waals surface area (Å²) < 4.78 is 5.10. The van der Waals surface area contributed by atoms with Crippen LogP contribution in [0.4, 0.5) is 0 Å². The minimum absolute atomic E-state index is 0.272. The van der Waals surface area contributed by atoms with Crippen molar-refractivity contribution in [2.45, 2.75) is 24.7 Å². The molecule has 2 rings (SSSR count). The van der Waals surface area contributed by atoms with E-state index in [0.717, 1.165) is 38.7 Å². The lowest BCUT2D eigenvalue weighted by molar-refractivity contribution is 0.162. The standard InChI is InChI=1S/C19H32N4O/c1-20-18(21-12-13-23(2)14-15-24-3)22-16-19(10-7-11-19)17-8-5-4-6-9-17/h4-6,8-9H,7,10-16H2,1-3H3,(H2,20,21,22). The van der Waals surface area contributed by atoms with E-state index in [1.54, 1.807) is 7.11 Å². The molecule has 0 spiro atoms. The summed E-state index contributed by atoms with van der Waals surface area (Å²) in [4.78, 5) is 6.60. The molecule has 0 heterocycles. The third kappa shape index (κ3) is 5.21. The Balaban J connectivity index is 1.77. The highest BCUT2D eigenvalue weighted by atomic mass is 16.5. The summed E-state index contributed by atoms with van der Waals surface area (Å²) in [5.41, 5.74) is 1.72. The molecule has 5 nitrogen and oxygen atoms in total. The van der Waals surface area contributed by atoms with Crippen molar-refractivity contribution in [2.24, 2.45) is 4.99 Å². The normalized spacial score (nSPS) is 16.8. The fourth-order valence-electron chi connectivity index (χ4n) is 3.16. The van der Waals surface area contributed by atoms with E-state index >= 15 is 0 Å². The molecule has 134 valence electrons. The quantitative estimate of drug-likeness (QED) is 0.535. The van der Waals surface area contributed by atoms with E-state index in [9.17, 15) is 0 Å². The monoisotopic (exact) mass is 332 g/mol. The zero-order valence-electron chi connectivity index (χ0n) is 15.3. The molecule has 0 atom stereocenters. The van der Waals surface area contributed by atoms with E-state index in [-0.39, 0.29) is 5.41 Å². The van der Waals surface area contributed by atoms with Crippen molar-refractivity contribution >= 4 is 5.96 Å². The number of hydrogen-bond acceptors (Lipinski definition) is 3. The van der Waals surface area contributed by atoms with Crippen molar-refractivity contribution in [3.63, 3.8) is 0 Å². The highest BCUT2D eigenvalue weighted by Gasteiger charge is 2.38. The van der Waals surface area contributed by atoms with Gasteiger partial charge in [-0.3, -0.25) is 4.99 Å². The van der Waals surface area contributed by atoms with Crippen molar-refractivity contribution in [3.8, 4) is 0 Å². The molecule has 0 amide bonds. The Morgan fingerprint density at radius 1 is 1.21 bits per heavy atom. The van der Waals surface area contributed by atoms with Crippen molar-refractivity contribution in [3.05, 3.63) is 35.9 Å². The number of likely N-dealkylation sites (N-methyl/N-ethyl adjacent to an activating group) is 1. The molecule has 0 aliphatic heterocycles. The number of hydrogen-bond donors (Lipinski definition) is 2. The molecule has 5 heteroatoms. The molecule has 0 radical (unpaired) electrons. The van der Waals surface area contributed by atoms with Gasteiger partial charge >= 0.3 is 0 Å². The van der Waals surface area contributed by atoms with Crippen LogP contribution in [0.15, 0.2) is 35.3 Å². The van der Waals surface area contributed by atoms with Gasteiger partial charge in [0.1, 0.15) is 0 Å². The van der Waals surface area contributed by atoms with Gasteiger partial charge in [-0.05, 0) is 25.5 Å². The third-order valence-corrected chi connectivity index (χ3v) is 4.98. The first-order valence-corrected chi connectivity index (χ1v) is 8.88. The Kier molecular flexibility index (Phi) is 7.53. The lowest BCUT2D eigenvalue weighted by Gasteiger charge is -2.43. The minimum Gasteiger partial charge on any atom is -0.383 e. The molecule has 0 aromatic heterocycles. The molecule has 1 fully saturated rings.